The third-order valence-corrected chi connectivity index (χ3v) is 3.92. The molecule has 5 heteroatoms. The standard InChI is InChI=1S/C10H14IN3O/c1-6-9(11)10(12)14-8(13-6)4-7-2-3-15-5-7/h7H,2-5H2,1H3,(H2,12,13,14). The number of anilines is 1. The summed E-state index contributed by atoms with van der Waals surface area (Å²) in [7, 11) is 0. The van der Waals surface area contributed by atoms with Crippen molar-refractivity contribution in [1.29, 1.82) is 0 Å². The second-order valence-electron chi connectivity index (χ2n) is 3.86. The lowest BCUT2D eigenvalue weighted by Gasteiger charge is -2.08. The van der Waals surface area contributed by atoms with E-state index in [1.54, 1.807) is 0 Å². The average molecular weight is 319 g/mol. The van der Waals surface area contributed by atoms with Crippen molar-refractivity contribution in [2.24, 2.45) is 5.92 Å². The second kappa shape index (κ2) is 4.61. The van der Waals surface area contributed by atoms with Crippen molar-refractivity contribution in [1.82, 2.24) is 9.97 Å². The molecule has 0 aliphatic carbocycles. The summed E-state index contributed by atoms with van der Waals surface area (Å²) < 4.78 is 6.28. The summed E-state index contributed by atoms with van der Waals surface area (Å²) in [4.78, 5) is 8.74. The van der Waals surface area contributed by atoms with E-state index in [0.717, 1.165) is 41.1 Å². The third kappa shape index (κ3) is 2.57. The number of aryl methyl sites for hydroxylation is 1. The minimum Gasteiger partial charge on any atom is -0.383 e. The van der Waals surface area contributed by atoms with Crippen LogP contribution in [0.4, 0.5) is 5.82 Å². The molecule has 1 aliphatic rings. The van der Waals surface area contributed by atoms with E-state index in [2.05, 4.69) is 32.6 Å². The van der Waals surface area contributed by atoms with E-state index in [1.165, 1.54) is 0 Å². The zero-order valence-electron chi connectivity index (χ0n) is 8.66. The first-order chi connectivity index (χ1) is 7.16. The molecule has 0 amide bonds. The Kier molecular flexibility index (Phi) is 3.40. The van der Waals surface area contributed by atoms with Gasteiger partial charge < -0.3 is 10.5 Å². The highest BCUT2D eigenvalue weighted by Crippen LogP contribution is 2.20. The third-order valence-electron chi connectivity index (χ3n) is 2.58. The summed E-state index contributed by atoms with van der Waals surface area (Å²) in [6.45, 7) is 3.66. The highest BCUT2D eigenvalue weighted by molar-refractivity contribution is 14.1. The fourth-order valence-corrected chi connectivity index (χ4v) is 1.98. The summed E-state index contributed by atoms with van der Waals surface area (Å²) in [5.74, 6) is 2.00. The highest BCUT2D eigenvalue weighted by atomic mass is 127. The van der Waals surface area contributed by atoms with Gasteiger partial charge in [-0.15, -0.1) is 0 Å². The van der Waals surface area contributed by atoms with Crippen molar-refractivity contribution in [3.63, 3.8) is 0 Å². The van der Waals surface area contributed by atoms with Gasteiger partial charge in [0.15, 0.2) is 0 Å². The van der Waals surface area contributed by atoms with Crippen molar-refractivity contribution < 1.29 is 4.74 Å². The molecule has 0 spiro atoms. The normalized spacial score (nSPS) is 20.8. The van der Waals surface area contributed by atoms with Crippen LogP contribution in [0.15, 0.2) is 0 Å². The Morgan fingerprint density at radius 2 is 2.33 bits per heavy atom. The Morgan fingerprint density at radius 3 is 2.93 bits per heavy atom. The SMILES string of the molecule is Cc1nc(CC2CCOC2)nc(N)c1I. The number of hydrogen-bond acceptors (Lipinski definition) is 4. The molecule has 1 aromatic heterocycles. The van der Waals surface area contributed by atoms with Gasteiger partial charge in [0.2, 0.25) is 0 Å². The molecule has 1 saturated heterocycles. The Morgan fingerprint density at radius 1 is 1.53 bits per heavy atom. The predicted molar refractivity (Wildman–Crippen MR) is 66.5 cm³/mol. The number of ether oxygens (including phenoxy) is 1. The summed E-state index contributed by atoms with van der Waals surface area (Å²) >= 11 is 2.18. The Bertz CT molecular complexity index is 341. The molecule has 0 radical (unpaired) electrons. The van der Waals surface area contributed by atoms with Crippen LogP contribution < -0.4 is 5.73 Å². The van der Waals surface area contributed by atoms with Gasteiger partial charge >= 0.3 is 0 Å². The fraction of sp³-hybridized carbons (Fsp3) is 0.600. The van der Waals surface area contributed by atoms with E-state index in [4.69, 9.17) is 10.5 Å². The number of rotatable bonds is 2. The van der Waals surface area contributed by atoms with Crippen LogP contribution >= 0.6 is 22.6 Å². The lowest BCUT2D eigenvalue weighted by atomic mass is 10.0. The van der Waals surface area contributed by atoms with Crippen molar-refractivity contribution >= 4 is 28.4 Å². The van der Waals surface area contributed by atoms with E-state index in [-0.39, 0.29) is 0 Å². The van der Waals surface area contributed by atoms with Gasteiger partial charge in [-0.05, 0) is 41.9 Å². The van der Waals surface area contributed by atoms with E-state index < -0.39 is 0 Å². The highest BCUT2D eigenvalue weighted by Gasteiger charge is 2.18. The molecule has 0 bridgehead atoms. The molecule has 1 fully saturated rings. The maximum absolute atomic E-state index is 5.81. The number of aromatic nitrogens is 2. The lowest BCUT2D eigenvalue weighted by molar-refractivity contribution is 0.185. The molecule has 2 N–H and O–H groups in total. The van der Waals surface area contributed by atoms with Gasteiger partial charge in [-0.1, -0.05) is 0 Å². The van der Waals surface area contributed by atoms with E-state index >= 15 is 0 Å². The van der Waals surface area contributed by atoms with Gasteiger partial charge in [-0.3, -0.25) is 0 Å². The molecule has 82 valence electrons. The van der Waals surface area contributed by atoms with Crippen LogP contribution in [0.25, 0.3) is 0 Å². The smallest absolute Gasteiger partial charge is 0.140 e. The fourth-order valence-electron chi connectivity index (χ4n) is 1.73. The maximum Gasteiger partial charge on any atom is 0.140 e. The number of nitrogen functional groups attached to an aromatic ring is 1. The molecular formula is C10H14IN3O. The van der Waals surface area contributed by atoms with E-state index in [9.17, 15) is 0 Å². The maximum atomic E-state index is 5.81. The van der Waals surface area contributed by atoms with Crippen molar-refractivity contribution in [2.45, 2.75) is 19.8 Å². The molecule has 1 unspecified atom stereocenters. The molecule has 4 nitrogen and oxygen atoms in total. The van der Waals surface area contributed by atoms with Crippen LogP contribution in [0.2, 0.25) is 0 Å². The predicted octanol–water partition coefficient (Wildman–Crippen LogP) is 1.55. The van der Waals surface area contributed by atoms with Crippen LogP contribution in [0.3, 0.4) is 0 Å². The quantitative estimate of drug-likeness (QED) is 0.840. The second-order valence-corrected chi connectivity index (χ2v) is 4.94. The number of halogens is 1. The monoisotopic (exact) mass is 319 g/mol. The summed E-state index contributed by atoms with van der Waals surface area (Å²) in [5, 5.41) is 0. The molecule has 1 atom stereocenters. The molecule has 2 rings (SSSR count). The van der Waals surface area contributed by atoms with E-state index in [1.807, 2.05) is 6.92 Å². The molecule has 1 aliphatic heterocycles. The summed E-state index contributed by atoms with van der Waals surface area (Å²) in [6.07, 6.45) is 1.98. The molecule has 2 heterocycles. The topological polar surface area (TPSA) is 61.0 Å². The first-order valence-electron chi connectivity index (χ1n) is 5.03. The zero-order chi connectivity index (χ0) is 10.8. The Balaban J connectivity index is 2.14. The van der Waals surface area contributed by atoms with Crippen LogP contribution in [0.5, 0.6) is 0 Å². The average Bonchev–Trinajstić information content (AvgIpc) is 2.66. The Labute approximate surface area is 103 Å². The summed E-state index contributed by atoms with van der Waals surface area (Å²) in [5.41, 5.74) is 6.78. The molecule has 1 aromatic rings. The van der Waals surface area contributed by atoms with Gasteiger partial charge in [-0.2, -0.15) is 0 Å². The van der Waals surface area contributed by atoms with Crippen LogP contribution in [0, 0.1) is 16.4 Å². The van der Waals surface area contributed by atoms with Gasteiger partial charge in [-0.25, -0.2) is 9.97 Å². The van der Waals surface area contributed by atoms with Gasteiger partial charge in [0.1, 0.15) is 11.6 Å². The molecule has 0 saturated carbocycles. The number of hydrogen-bond donors (Lipinski definition) is 1. The molecular weight excluding hydrogens is 305 g/mol. The van der Waals surface area contributed by atoms with Gasteiger partial charge in [0.05, 0.1) is 9.26 Å². The van der Waals surface area contributed by atoms with Crippen molar-refractivity contribution in [2.75, 3.05) is 18.9 Å². The van der Waals surface area contributed by atoms with Crippen LogP contribution in [-0.4, -0.2) is 23.2 Å². The van der Waals surface area contributed by atoms with Crippen LogP contribution in [0.1, 0.15) is 17.9 Å². The largest absolute Gasteiger partial charge is 0.383 e. The van der Waals surface area contributed by atoms with Crippen molar-refractivity contribution in [3.8, 4) is 0 Å². The van der Waals surface area contributed by atoms with Crippen molar-refractivity contribution in [3.05, 3.63) is 15.1 Å². The zero-order valence-corrected chi connectivity index (χ0v) is 10.8. The van der Waals surface area contributed by atoms with Crippen LogP contribution in [-0.2, 0) is 11.2 Å². The molecule has 0 aromatic carbocycles. The Hall–Kier alpha value is -0.430. The van der Waals surface area contributed by atoms with Gasteiger partial charge in [0, 0.05) is 19.6 Å². The summed E-state index contributed by atoms with van der Waals surface area (Å²) in [6, 6.07) is 0. The van der Waals surface area contributed by atoms with E-state index in [0.29, 0.717) is 11.7 Å². The minimum atomic E-state index is 0.559. The lowest BCUT2D eigenvalue weighted by Crippen LogP contribution is -2.10. The first kappa shape index (κ1) is 11.1. The molecule has 15 heavy (non-hydrogen) atoms. The number of nitrogens with zero attached hydrogens (tertiary/aromatic N) is 2. The van der Waals surface area contributed by atoms with Gasteiger partial charge in [0.25, 0.3) is 0 Å². The minimum absolute atomic E-state index is 0.559. The first-order valence-corrected chi connectivity index (χ1v) is 6.11. The number of nitrogens with two attached hydrogens (primary N) is 1.